The van der Waals surface area contributed by atoms with Gasteiger partial charge in [0, 0.05) is 0 Å². The quantitative estimate of drug-likeness (QED) is 0.310. The number of nitrogens with one attached hydrogen (secondary N) is 1. The molecule has 4 atom stereocenters. The zero-order valence-corrected chi connectivity index (χ0v) is 10.3. The highest BCUT2D eigenvalue weighted by molar-refractivity contribution is 5.82. The van der Waals surface area contributed by atoms with Crippen LogP contribution in [0.15, 0.2) is 12.7 Å². The Kier molecular flexibility index (Phi) is 3.23. The summed E-state index contributed by atoms with van der Waals surface area (Å²) in [5, 5.41) is 28.9. The highest BCUT2D eigenvalue weighted by Crippen LogP contribution is 2.31. The maximum atomic E-state index is 10.00. The van der Waals surface area contributed by atoms with Gasteiger partial charge in [0.25, 0.3) is 0 Å². The Balaban J connectivity index is 2.03. The Morgan fingerprint density at radius 1 is 1.30 bits per heavy atom. The van der Waals surface area contributed by atoms with E-state index in [0.29, 0.717) is 17.0 Å². The Bertz CT molecular complexity index is 619. The van der Waals surface area contributed by atoms with Gasteiger partial charge in [0.05, 0.1) is 12.9 Å². The number of fused-ring (bicyclic) bond motifs is 1. The third-order valence-electron chi connectivity index (χ3n) is 3.29. The molecule has 0 spiro atoms. The van der Waals surface area contributed by atoms with Gasteiger partial charge in [-0.25, -0.2) is 20.8 Å². The molecule has 1 aliphatic rings. The van der Waals surface area contributed by atoms with Crippen molar-refractivity contribution in [2.45, 2.75) is 24.5 Å². The number of aliphatic hydroxyl groups excluding tert-OH is 3. The predicted molar refractivity (Wildman–Crippen MR) is 66.1 cm³/mol. The maximum Gasteiger partial charge on any atom is 0.171 e. The largest absolute Gasteiger partial charge is 0.394 e. The fraction of sp³-hybridized carbons (Fsp3) is 0.500. The van der Waals surface area contributed by atoms with E-state index in [1.165, 1.54) is 17.2 Å². The minimum absolute atomic E-state index is 0.334. The molecule has 0 aliphatic carbocycles. The van der Waals surface area contributed by atoms with E-state index in [0.717, 1.165) is 0 Å². The van der Waals surface area contributed by atoms with Crippen LogP contribution in [0.2, 0.25) is 0 Å². The summed E-state index contributed by atoms with van der Waals surface area (Å²) < 4.78 is 6.88. The van der Waals surface area contributed by atoms with Crippen molar-refractivity contribution in [1.82, 2.24) is 19.5 Å². The van der Waals surface area contributed by atoms with Crippen LogP contribution in [-0.2, 0) is 4.74 Å². The van der Waals surface area contributed by atoms with Gasteiger partial charge in [0.1, 0.15) is 24.6 Å². The van der Waals surface area contributed by atoms with E-state index < -0.39 is 31.1 Å². The highest BCUT2D eigenvalue weighted by Gasteiger charge is 2.43. The topological polar surface area (TPSA) is 152 Å². The smallest absolute Gasteiger partial charge is 0.171 e. The number of nitrogen functional groups attached to an aromatic ring is 1. The summed E-state index contributed by atoms with van der Waals surface area (Å²) in [6, 6.07) is 0. The lowest BCUT2D eigenvalue weighted by molar-refractivity contribution is -0.0511. The number of hydrogen-bond donors (Lipinski definition) is 5. The molecule has 108 valence electrons. The van der Waals surface area contributed by atoms with Gasteiger partial charge in [-0.2, -0.15) is 0 Å². The number of nitrogens with two attached hydrogens (primary N) is 1. The summed E-state index contributed by atoms with van der Waals surface area (Å²) in [5.41, 5.74) is 3.20. The van der Waals surface area contributed by atoms with E-state index in [2.05, 4.69) is 20.4 Å². The first-order valence-corrected chi connectivity index (χ1v) is 5.94. The lowest BCUT2D eigenvalue weighted by Crippen LogP contribution is -2.33. The van der Waals surface area contributed by atoms with Crippen LogP contribution in [0.25, 0.3) is 11.2 Å². The molecule has 0 bridgehead atoms. The van der Waals surface area contributed by atoms with Crippen molar-refractivity contribution in [3.8, 4) is 0 Å². The van der Waals surface area contributed by atoms with Gasteiger partial charge >= 0.3 is 0 Å². The zero-order valence-electron chi connectivity index (χ0n) is 10.3. The molecule has 20 heavy (non-hydrogen) atoms. The number of rotatable bonds is 3. The van der Waals surface area contributed by atoms with Gasteiger partial charge in [-0.1, -0.05) is 0 Å². The summed E-state index contributed by atoms with van der Waals surface area (Å²) in [6.07, 6.45) is -1.45. The molecule has 1 saturated heterocycles. The van der Waals surface area contributed by atoms with Crippen molar-refractivity contribution in [1.29, 1.82) is 0 Å². The number of anilines is 1. The Morgan fingerprint density at radius 2 is 2.10 bits per heavy atom. The monoisotopic (exact) mass is 282 g/mol. The van der Waals surface area contributed by atoms with Crippen LogP contribution in [0.1, 0.15) is 6.23 Å². The number of hydrogen-bond acceptors (Lipinski definition) is 9. The second-order valence-electron chi connectivity index (χ2n) is 4.42. The standard InChI is InChI=1S/C10H14N6O4/c11-15-8-5-9(13-2-12-8)16(3-14-5)10-7(19)6(18)4(1-17)20-10/h2-4,6-7,10,17-19H,1,11H2,(H,12,13,15)/t4-,6+,7-,10+/m0/s1. The summed E-state index contributed by atoms with van der Waals surface area (Å²) in [5.74, 6) is 5.66. The average Bonchev–Trinajstić information content (AvgIpc) is 3.01. The second kappa shape index (κ2) is 4.92. The summed E-state index contributed by atoms with van der Waals surface area (Å²) in [4.78, 5) is 12.1. The highest BCUT2D eigenvalue weighted by atomic mass is 16.6. The number of imidazole rings is 1. The van der Waals surface area contributed by atoms with Gasteiger partial charge in [-0.05, 0) is 0 Å². The first-order valence-electron chi connectivity index (χ1n) is 5.94. The van der Waals surface area contributed by atoms with Crippen LogP contribution in [0.5, 0.6) is 0 Å². The number of ether oxygens (including phenoxy) is 1. The number of aliphatic hydroxyl groups is 3. The van der Waals surface area contributed by atoms with Crippen LogP contribution in [0, 0.1) is 0 Å². The molecule has 0 unspecified atom stereocenters. The normalized spacial score (nSPS) is 30.0. The summed E-state index contributed by atoms with van der Waals surface area (Å²) in [6.45, 7) is -0.397. The molecule has 0 saturated carbocycles. The average molecular weight is 282 g/mol. The molecule has 0 radical (unpaired) electrons. The van der Waals surface area contributed by atoms with Crippen molar-refractivity contribution in [3.05, 3.63) is 12.7 Å². The Hall–Kier alpha value is -1.85. The first-order chi connectivity index (χ1) is 9.67. The third kappa shape index (κ3) is 1.82. The second-order valence-corrected chi connectivity index (χ2v) is 4.42. The van der Waals surface area contributed by atoms with Crippen LogP contribution in [-0.4, -0.2) is 59.8 Å². The fourth-order valence-corrected chi connectivity index (χ4v) is 2.25. The molecule has 6 N–H and O–H groups in total. The van der Waals surface area contributed by atoms with E-state index in [-0.39, 0.29) is 0 Å². The fourth-order valence-electron chi connectivity index (χ4n) is 2.25. The molecule has 3 heterocycles. The molecule has 10 nitrogen and oxygen atoms in total. The number of nitrogens with zero attached hydrogens (tertiary/aromatic N) is 4. The van der Waals surface area contributed by atoms with Gasteiger partial charge in [-0.3, -0.25) is 4.57 Å². The first kappa shape index (κ1) is 13.1. The van der Waals surface area contributed by atoms with Gasteiger partial charge in [-0.15, -0.1) is 0 Å². The molecule has 0 aromatic carbocycles. The van der Waals surface area contributed by atoms with Crippen molar-refractivity contribution in [2.75, 3.05) is 12.0 Å². The predicted octanol–water partition coefficient (Wildman–Crippen LogP) is -2.28. The van der Waals surface area contributed by atoms with E-state index in [1.807, 2.05) is 0 Å². The van der Waals surface area contributed by atoms with E-state index in [9.17, 15) is 10.2 Å². The van der Waals surface area contributed by atoms with E-state index >= 15 is 0 Å². The summed E-state index contributed by atoms with van der Waals surface area (Å²) in [7, 11) is 0. The SMILES string of the molecule is NNc1ncnc2c1ncn2[C@@H]1O[C@@H](CO)[C@@H](O)[C@@H]1O. The van der Waals surface area contributed by atoms with E-state index in [1.54, 1.807) is 0 Å². The molecule has 0 amide bonds. The van der Waals surface area contributed by atoms with Crippen molar-refractivity contribution < 1.29 is 20.1 Å². The minimum atomic E-state index is -1.20. The van der Waals surface area contributed by atoms with E-state index in [4.69, 9.17) is 15.7 Å². The van der Waals surface area contributed by atoms with Crippen LogP contribution in [0.3, 0.4) is 0 Å². The lowest BCUT2D eigenvalue weighted by atomic mass is 10.1. The Morgan fingerprint density at radius 3 is 2.75 bits per heavy atom. The molecule has 1 aliphatic heterocycles. The molecule has 10 heteroatoms. The molecule has 2 aromatic heterocycles. The summed E-state index contributed by atoms with van der Waals surface area (Å²) >= 11 is 0. The van der Waals surface area contributed by atoms with Crippen LogP contribution in [0.4, 0.5) is 5.82 Å². The van der Waals surface area contributed by atoms with Gasteiger partial charge in [0.2, 0.25) is 0 Å². The maximum absolute atomic E-state index is 10.00. The molecular weight excluding hydrogens is 268 g/mol. The lowest BCUT2D eigenvalue weighted by Gasteiger charge is -2.16. The Labute approximate surface area is 112 Å². The van der Waals surface area contributed by atoms with Crippen molar-refractivity contribution >= 4 is 17.0 Å². The van der Waals surface area contributed by atoms with Crippen LogP contribution < -0.4 is 11.3 Å². The van der Waals surface area contributed by atoms with Crippen molar-refractivity contribution in [3.63, 3.8) is 0 Å². The number of aromatic nitrogens is 4. The third-order valence-corrected chi connectivity index (χ3v) is 3.29. The van der Waals surface area contributed by atoms with Crippen LogP contribution >= 0.6 is 0 Å². The van der Waals surface area contributed by atoms with Crippen molar-refractivity contribution in [2.24, 2.45) is 5.84 Å². The molecule has 3 rings (SSSR count). The molecule has 1 fully saturated rings. The zero-order chi connectivity index (χ0) is 14.3. The van der Waals surface area contributed by atoms with Gasteiger partial charge in [0.15, 0.2) is 23.2 Å². The minimum Gasteiger partial charge on any atom is -0.394 e. The van der Waals surface area contributed by atoms with Gasteiger partial charge < -0.3 is 25.5 Å². The number of hydrazine groups is 1. The molecular formula is C10H14N6O4. The molecule has 2 aromatic rings.